The number of ether oxygens (including phenoxy) is 1. The van der Waals surface area contributed by atoms with Crippen LogP contribution in [0.3, 0.4) is 0 Å². The number of nitrogens with zero attached hydrogens (tertiary/aromatic N) is 1. The number of alkyl carbamates (subject to hydrolysis) is 1. The molecule has 5 heteroatoms. The first-order valence-electron chi connectivity index (χ1n) is 6.96. The molecule has 0 atom stereocenters. The monoisotopic (exact) mass is 316 g/mol. The first-order valence-corrected chi connectivity index (χ1v) is 7.33. The lowest BCUT2D eigenvalue weighted by atomic mass is 10.2. The lowest BCUT2D eigenvalue weighted by Crippen LogP contribution is -2.24. The van der Waals surface area contributed by atoms with Crippen molar-refractivity contribution in [2.75, 3.05) is 6.54 Å². The zero-order valence-electron chi connectivity index (χ0n) is 12.0. The summed E-state index contributed by atoms with van der Waals surface area (Å²) in [5.74, 6) is 0. The van der Waals surface area contributed by atoms with Crippen LogP contribution in [-0.2, 0) is 11.3 Å². The fraction of sp³-hybridized carbons (Fsp3) is 0.176. The Morgan fingerprint density at radius 2 is 2.09 bits per heavy atom. The summed E-state index contributed by atoms with van der Waals surface area (Å²) in [6.07, 6.45) is 7.46. The minimum absolute atomic E-state index is 0.275. The van der Waals surface area contributed by atoms with Gasteiger partial charge in [0.1, 0.15) is 6.61 Å². The maximum absolute atomic E-state index is 11.5. The normalized spacial score (nSPS) is 10.6. The third kappa shape index (κ3) is 5.97. The van der Waals surface area contributed by atoms with E-state index in [0.717, 1.165) is 11.1 Å². The Kier molecular flexibility index (Phi) is 6.45. The Morgan fingerprint density at radius 3 is 2.86 bits per heavy atom. The molecule has 2 rings (SSSR count). The van der Waals surface area contributed by atoms with Gasteiger partial charge in [-0.25, -0.2) is 4.79 Å². The molecule has 22 heavy (non-hydrogen) atoms. The predicted molar refractivity (Wildman–Crippen MR) is 87.5 cm³/mol. The molecule has 1 aromatic heterocycles. The second-order valence-corrected chi connectivity index (χ2v) is 5.05. The zero-order valence-corrected chi connectivity index (χ0v) is 12.8. The minimum atomic E-state index is -0.415. The summed E-state index contributed by atoms with van der Waals surface area (Å²) >= 11 is 5.84. The van der Waals surface area contributed by atoms with Crippen molar-refractivity contribution in [2.45, 2.75) is 13.0 Å². The van der Waals surface area contributed by atoms with Crippen LogP contribution in [0, 0.1) is 0 Å². The van der Waals surface area contributed by atoms with E-state index < -0.39 is 6.09 Å². The average molecular weight is 317 g/mol. The molecule has 0 bridgehead atoms. The topological polar surface area (TPSA) is 51.2 Å². The quantitative estimate of drug-likeness (QED) is 0.817. The summed E-state index contributed by atoms with van der Waals surface area (Å²) < 4.78 is 5.11. The molecule has 0 saturated carbocycles. The minimum Gasteiger partial charge on any atom is -0.445 e. The number of hydrogen-bond donors (Lipinski definition) is 1. The highest BCUT2D eigenvalue weighted by molar-refractivity contribution is 6.30. The fourth-order valence-electron chi connectivity index (χ4n) is 1.77. The van der Waals surface area contributed by atoms with Crippen LogP contribution in [0.4, 0.5) is 4.79 Å². The van der Waals surface area contributed by atoms with Gasteiger partial charge >= 0.3 is 6.09 Å². The first-order chi connectivity index (χ1) is 10.7. The summed E-state index contributed by atoms with van der Waals surface area (Å²) in [6.45, 7) is 0.787. The molecule has 1 amide bonds. The van der Waals surface area contributed by atoms with Crippen LogP contribution in [0.2, 0.25) is 5.02 Å². The van der Waals surface area contributed by atoms with Gasteiger partial charge in [-0.15, -0.1) is 0 Å². The molecule has 0 aliphatic heterocycles. The van der Waals surface area contributed by atoms with Gasteiger partial charge in [0.05, 0.1) is 5.02 Å². The number of rotatable bonds is 6. The Bertz CT molecular complexity index is 630. The van der Waals surface area contributed by atoms with E-state index in [0.29, 0.717) is 18.0 Å². The van der Waals surface area contributed by atoms with E-state index in [2.05, 4.69) is 10.3 Å². The number of nitrogens with one attached hydrogen (secondary N) is 1. The predicted octanol–water partition coefficient (Wildman–Crippen LogP) is 4.06. The van der Waals surface area contributed by atoms with Gasteiger partial charge in [-0.1, -0.05) is 54.1 Å². The summed E-state index contributed by atoms with van der Waals surface area (Å²) in [7, 11) is 0. The highest BCUT2D eigenvalue weighted by Gasteiger charge is 2.00. The fourth-order valence-corrected chi connectivity index (χ4v) is 1.95. The van der Waals surface area contributed by atoms with Gasteiger partial charge in [-0.05, 0) is 23.6 Å². The second-order valence-electron chi connectivity index (χ2n) is 4.62. The van der Waals surface area contributed by atoms with Gasteiger partial charge < -0.3 is 10.1 Å². The van der Waals surface area contributed by atoms with Crippen LogP contribution >= 0.6 is 11.6 Å². The van der Waals surface area contributed by atoms with Crippen LogP contribution in [0.25, 0.3) is 6.08 Å². The molecule has 114 valence electrons. The van der Waals surface area contributed by atoms with Gasteiger partial charge in [-0.3, -0.25) is 4.98 Å². The summed E-state index contributed by atoms with van der Waals surface area (Å²) in [5, 5.41) is 3.30. The zero-order chi connectivity index (χ0) is 15.6. The van der Waals surface area contributed by atoms with Crippen molar-refractivity contribution in [2.24, 2.45) is 0 Å². The molecular formula is C17H17ClN2O2. The molecular weight excluding hydrogens is 300 g/mol. The standard InChI is InChI=1S/C17H17ClN2O2/c18-16-10-15(11-19-12-16)8-4-5-9-20-17(21)22-13-14-6-2-1-3-7-14/h1-4,6-8,10-12H,5,9,13H2,(H,20,21). The Labute approximate surface area is 134 Å². The van der Waals surface area contributed by atoms with E-state index in [1.165, 1.54) is 0 Å². The average Bonchev–Trinajstić information content (AvgIpc) is 2.54. The molecule has 1 N–H and O–H groups in total. The van der Waals surface area contributed by atoms with E-state index in [1.807, 2.05) is 48.6 Å². The molecule has 0 radical (unpaired) electrons. The number of pyridine rings is 1. The number of amides is 1. The molecule has 1 aromatic carbocycles. The maximum atomic E-state index is 11.5. The Morgan fingerprint density at radius 1 is 1.27 bits per heavy atom. The Hall–Kier alpha value is -2.33. The van der Waals surface area contributed by atoms with Crippen molar-refractivity contribution in [3.05, 3.63) is 71.0 Å². The maximum Gasteiger partial charge on any atom is 0.407 e. The summed E-state index contributed by atoms with van der Waals surface area (Å²) in [4.78, 5) is 15.5. The van der Waals surface area contributed by atoms with Gasteiger partial charge in [-0.2, -0.15) is 0 Å². The van der Waals surface area contributed by atoms with Gasteiger partial charge in [0, 0.05) is 18.9 Å². The lowest BCUT2D eigenvalue weighted by molar-refractivity contribution is 0.140. The molecule has 1 heterocycles. The van der Waals surface area contributed by atoms with Gasteiger partial charge in [0.25, 0.3) is 0 Å². The van der Waals surface area contributed by atoms with E-state index in [9.17, 15) is 4.79 Å². The number of hydrogen-bond acceptors (Lipinski definition) is 3. The van der Waals surface area contributed by atoms with Crippen molar-refractivity contribution >= 4 is 23.8 Å². The van der Waals surface area contributed by atoms with Crippen LogP contribution in [0.1, 0.15) is 17.5 Å². The molecule has 0 unspecified atom stereocenters. The van der Waals surface area contributed by atoms with Crippen LogP contribution < -0.4 is 5.32 Å². The molecule has 0 aliphatic carbocycles. The van der Waals surface area contributed by atoms with E-state index in [4.69, 9.17) is 16.3 Å². The number of aromatic nitrogens is 1. The smallest absolute Gasteiger partial charge is 0.407 e. The van der Waals surface area contributed by atoms with E-state index in [-0.39, 0.29) is 6.61 Å². The van der Waals surface area contributed by atoms with E-state index >= 15 is 0 Å². The van der Waals surface area contributed by atoms with Crippen molar-refractivity contribution in [1.82, 2.24) is 10.3 Å². The largest absolute Gasteiger partial charge is 0.445 e. The van der Waals surface area contributed by atoms with Crippen molar-refractivity contribution in [1.29, 1.82) is 0 Å². The third-order valence-corrected chi connectivity index (χ3v) is 3.04. The van der Waals surface area contributed by atoms with Crippen molar-refractivity contribution < 1.29 is 9.53 Å². The third-order valence-electron chi connectivity index (χ3n) is 2.83. The molecule has 0 aliphatic rings. The number of halogens is 1. The van der Waals surface area contributed by atoms with Crippen LogP contribution in [-0.4, -0.2) is 17.6 Å². The van der Waals surface area contributed by atoms with E-state index in [1.54, 1.807) is 12.4 Å². The SMILES string of the molecule is O=C(NCCC=Cc1cncc(Cl)c1)OCc1ccccc1. The summed E-state index contributed by atoms with van der Waals surface area (Å²) in [5.41, 5.74) is 1.89. The highest BCUT2D eigenvalue weighted by atomic mass is 35.5. The molecule has 4 nitrogen and oxygen atoms in total. The number of benzene rings is 1. The Balaban J connectivity index is 1.63. The highest BCUT2D eigenvalue weighted by Crippen LogP contribution is 2.09. The molecule has 2 aromatic rings. The lowest BCUT2D eigenvalue weighted by Gasteiger charge is -2.05. The van der Waals surface area contributed by atoms with Gasteiger partial charge in [0.2, 0.25) is 0 Å². The van der Waals surface area contributed by atoms with Crippen molar-refractivity contribution in [3.63, 3.8) is 0 Å². The second kappa shape index (κ2) is 8.85. The van der Waals surface area contributed by atoms with Crippen molar-refractivity contribution in [3.8, 4) is 0 Å². The van der Waals surface area contributed by atoms with Gasteiger partial charge in [0.15, 0.2) is 0 Å². The molecule has 0 fully saturated rings. The number of carbonyl (C=O) groups is 1. The first kappa shape index (κ1) is 16.0. The van der Waals surface area contributed by atoms with Crippen LogP contribution in [0.15, 0.2) is 54.9 Å². The molecule has 0 spiro atoms. The van der Waals surface area contributed by atoms with Crippen LogP contribution in [0.5, 0.6) is 0 Å². The molecule has 0 saturated heterocycles. The summed E-state index contributed by atoms with van der Waals surface area (Å²) in [6, 6.07) is 11.4. The number of carbonyl (C=O) groups excluding carboxylic acids is 1.